The number of ether oxygens (including phenoxy) is 1. The first-order valence-corrected chi connectivity index (χ1v) is 10.7. The average molecular weight is 418 g/mol. The number of aromatic nitrogens is 2. The zero-order chi connectivity index (χ0) is 21.3. The SMILES string of the molecule is CCOc1ccc(-c2c(C)sc3nc(C)nc(Nc4cccc(C(C)=O)c4)c23)cc1. The number of nitrogens with one attached hydrogen (secondary N) is 1. The van der Waals surface area contributed by atoms with E-state index in [1.807, 2.05) is 50.2 Å². The molecule has 2 heterocycles. The molecule has 4 rings (SSSR count). The Morgan fingerprint density at radius 2 is 1.87 bits per heavy atom. The molecule has 0 atom stereocenters. The van der Waals surface area contributed by atoms with Crippen LogP contribution in [0, 0.1) is 13.8 Å². The van der Waals surface area contributed by atoms with Crippen molar-refractivity contribution in [3.05, 3.63) is 64.8 Å². The fourth-order valence-corrected chi connectivity index (χ4v) is 4.58. The molecule has 0 saturated heterocycles. The molecule has 0 amide bonds. The molecule has 0 fully saturated rings. The Kier molecular flexibility index (Phi) is 5.50. The van der Waals surface area contributed by atoms with Gasteiger partial charge in [-0.25, -0.2) is 9.97 Å². The smallest absolute Gasteiger partial charge is 0.159 e. The van der Waals surface area contributed by atoms with Gasteiger partial charge in [0.15, 0.2) is 5.78 Å². The van der Waals surface area contributed by atoms with E-state index < -0.39 is 0 Å². The molecule has 5 nitrogen and oxygen atoms in total. The van der Waals surface area contributed by atoms with Gasteiger partial charge in [0.05, 0.1) is 12.0 Å². The average Bonchev–Trinajstić information content (AvgIpc) is 3.05. The van der Waals surface area contributed by atoms with Crippen molar-refractivity contribution in [2.75, 3.05) is 11.9 Å². The van der Waals surface area contributed by atoms with Crippen LogP contribution in [0.3, 0.4) is 0 Å². The normalized spacial score (nSPS) is 10.9. The summed E-state index contributed by atoms with van der Waals surface area (Å²) in [6.45, 7) is 8.18. The highest BCUT2D eigenvalue weighted by Crippen LogP contribution is 2.41. The van der Waals surface area contributed by atoms with Crippen LogP contribution in [0.15, 0.2) is 48.5 Å². The summed E-state index contributed by atoms with van der Waals surface area (Å²) < 4.78 is 5.58. The van der Waals surface area contributed by atoms with Crippen molar-refractivity contribution >= 4 is 38.8 Å². The molecule has 0 saturated carbocycles. The summed E-state index contributed by atoms with van der Waals surface area (Å²) in [5.74, 6) is 2.33. The molecular weight excluding hydrogens is 394 g/mol. The van der Waals surface area contributed by atoms with Gasteiger partial charge >= 0.3 is 0 Å². The third-order valence-electron chi connectivity index (χ3n) is 4.83. The van der Waals surface area contributed by atoms with Crippen molar-refractivity contribution in [1.82, 2.24) is 9.97 Å². The standard InChI is InChI=1S/C24H23N3O2S/c1-5-29-20-11-9-17(10-12-20)21-15(3)30-24-22(21)23(25-16(4)26-24)27-19-8-6-7-18(13-19)14(2)28/h6-13H,5H2,1-4H3,(H,25,26,27). The highest BCUT2D eigenvalue weighted by Gasteiger charge is 2.18. The van der Waals surface area contributed by atoms with E-state index in [1.165, 1.54) is 4.88 Å². The number of Topliss-reactive ketones (excluding diaryl/α,β-unsaturated/α-hetero) is 1. The van der Waals surface area contributed by atoms with Gasteiger partial charge in [0.1, 0.15) is 22.2 Å². The second-order valence-electron chi connectivity index (χ2n) is 7.05. The van der Waals surface area contributed by atoms with E-state index >= 15 is 0 Å². The van der Waals surface area contributed by atoms with Gasteiger partial charge in [0, 0.05) is 21.7 Å². The second kappa shape index (κ2) is 8.24. The largest absolute Gasteiger partial charge is 0.494 e. The molecule has 0 aliphatic carbocycles. The predicted octanol–water partition coefficient (Wildman–Crippen LogP) is 6.32. The quantitative estimate of drug-likeness (QED) is 0.372. The van der Waals surface area contributed by atoms with Crippen molar-refractivity contribution in [2.45, 2.75) is 27.7 Å². The fraction of sp³-hybridized carbons (Fsp3) is 0.208. The van der Waals surface area contributed by atoms with Crippen LogP contribution in [0.4, 0.5) is 11.5 Å². The maximum Gasteiger partial charge on any atom is 0.159 e. The van der Waals surface area contributed by atoms with Gasteiger partial charge in [0.25, 0.3) is 0 Å². The predicted molar refractivity (Wildman–Crippen MR) is 123 cm³/mol. The van der Waals surface area contributed by atoms with E-state index in [1.54, 1.807) is 18.3 Å². The molecule has 4 aromatic rings. The van der Waals surface area contributed by atoms with Crippen molar-refractivity contribution in [1.29, 1.82) is 0 Å². The number of hydrogen-bond acceptors (Lipinski definition) is 6. The van der Waals surface area contributed by atoms with Crippen molar-refractivity contribution in [3.8, 4) is 16.9 Å². The van der Waals surface area contributed by atoms with Crippen LogP contribution in [0.1, 0.15) is 34.9 Å². The molecule has 30 heavy (non-hydrogen) atoms. The molecule has 2 aromatic carbocycles. The summed E-state index contributed by atoms with van der Waals surface area (Å²) >= 11 is 1.66. The monoisotopic (exact) mass is 417 g/mol. The number of hydrogen-bond donors (Lipinski definition) is 1. The van der Waals surface area contributed by atoms with E-state index in [-0.39, 0.29) is 5.78 Å². The number of anilines is 2. The summed E-state index contributed by atoms with van der Waals surface area (Å²) in [4.78, 5) is 23.2. The molecule has 152 valence electrons. The molecule has 2 aromatic heterocycles. The Balaban J connectivity index is 1.84. The minimum atomic E-state index is 0.0316. The highest BCUT2D eigenvalue weighted by molar-refractivity contribution is 7.19. The van der Waals surface area contributed by atoms with Crippen LogP contribution < -0.4 is 10.1 Å². The van der Waals surface area contributed by atoms with Crippen molar-refractivity contribution in [3.63, 3.8) is 0 Å². The first-order valence-electron chi connectivity index (χ1n) is 9.85. The minimum absolute atomic E-state index is 0.0316. The van der Waals surface area contributed by atoms with Crippen LogP contribution in [0.2, 0.25) is 0 Å². The number of carbonyl (C=O) groups excluding carboxylic acids is 1. The van der Waals surface area contributed by atoms with E-state index in [4.69, 9.17) is 9.72 Å². The molecule has 6 heteroatoms. The van der Waals surface area contributed by atoms with Gasteiger partial charge in [-0.2, -0.15) is 0 Å². The Morgan fingerprint density at radius 1 is 1.10 bits per heavy atom. The van der Waals surface area contributed by atoms with Crippen LogP contribution in [0.5, 0.6) is 5.75 Å². The van der Waals surface area contributed by atoms with Crippen LogP contribution in [0.25, 0.3) is 21.3 Å². The highest BCUT2D eigenvalue weighted by atomic mass is 32.1. The lowest BCUT2D eigenvalue weighted by molar-refractivity contribution is 0.101. The number of aryl methyl sites for hydroxylation is 2. The lowest BCUT2D eigenvalue weighted by Gasteiger charge is -2.11. The lowest BCUT2D eigenvalue weighted by Crippen LogP contribution is -2.00. The summed E-state index contributed by atoms with van der Waals surface area (Å²) in [6, 6.07) is 15.6. The first-order chi connectivity index (χ1) is 14.5. The number of carbonyl (C=O) groups is 1. The van der Waals surface area contributed by atoms with Gasteiger partial charge < -0.3 is 10.1 Å². The van der Waals surface area contributed by atoms with Gasteiger partial charge in [0.2, 0.25) is 0 Å². The Bertz CT molecular complexity index is 1230. The summed E-state index contributed by atoms with van der Waals surface area (Å²) in [5, 5.41) is 4.40. The van der Waals surface area contributed by atoms with Gasteiger partial charge in [-0.05, 0) is 57.5 Å². The molecule has 0 aliphatic heterocycles. The third kappa shape index (κ3) is 3.91. The molecular formula is C24H23N3O2S. The maximum absolute atomic E-state index is 11.8. The first kappa shape index (κ1) is 20.0. The lowest BCUT2D eigenvalue weighted by atomic mass is 10.0. The van der Waals surface area contributed by atoms with Gasteiger partial charge in [-0.3, -0.25) is 4.79 Å². The van der Waals surface area contributed by atoms with E-state index in [0.717, 1.165) is 38.6 Å². The summed E-state index contributed by atoms with van der Waals surface area (Å²) in [5.41, 5.74) is 3.69. The van der Waals surface area contributed by atoms with Crippen molar-refractivity contribution in [2.24, 2.45) is 0 Å². The Labute approximate surface area is 179 Å². The van der Waals surface area contributed by atoms with Crippen LogP contribution >= 0.6 is 11.3 Å². The molecule has 1 N–H and O–H groups in total. The van der Waals surface area contributed by atoms with Crippen molar-refractivity contribution < 1.29 is 9.53 Å². The molecule has 0 radical (unpaired) electrons. The number of benzene rings is 2. The van der Waals surface area contributed by atoms with E-state index in [2.05, 4.69) is 29.4 Å². The summed E-state index contributed by atoms with van der Waals surface area (Å²) in [7, 11) is 0. The molecule has 0 bridgehead atoms. The zero-order valence-corrected chi connectivity index (χ0v) is 18.3. The number of thiophene rings is 1. The molecule has 0 unspecified atom stereocenters. The number of fused-ring (bicyclic) bond motifs is 1. The van der Waals surface area contributed by atoms with E-state index in [9.17, 15) is 4.79 Å². The Hall–Kier alpha value is -3.25. The Morgan fingerprint density at radius 3 is 2.57 bits per heavy atom. The number of ketones is 1. The van der Waals surface area contributed by atoms with Crippen LogP contribution in [-0.4, -0.2) is 22.4 Å². The molecule has 0 aliphatic rings. The summed E-state index contributed by atoms with van der Waals surface area (Å²) in [6.07, 6.45) is 0. The zero-order valence-electron chi connectivity index (χ0n) is 17.4. The second-order valence-corrected chi connectivity index (χ2v) is 8.26. The van der Waals surface area contributed by atoms with Gasteiger partial charge in [-0.1, -0.05) is 24.3 Å². The number of nitrogens with zero attached hydrogens (tertiary/aromatic N) is 2. The molecule has 0 spiro atoms. The topological polar surface area (TPSA) is 64.1 Å². The van der Waals surface area contributed by atoms with Gasteiger partial charge in [-0.15, -0.1) is 11.3 Å². The maximum atomic E-state index is 11.8. The van der Waals surface area contributed by atoms with E-state index in [0.29, 0.717) is 18.0 Å². The van der Waals surface area contributed by atoms with Crippen LogP contribution in [-0.2, 0) is 0 Å². The third-order valence-corrected chi connectivity index (χ3v) is 5.82. The fourth-order valence-electron chi connectivity index (χ4n) is 3.49. The minimum Gasteiger partial charge on any atom is -0.494 e. The number of rotatable bonds is 6.